The molecule has 182 valence electrons. The normalized spacial score (nSPS) is 14.1. The minimum Gasteiger partial charge on any atom is -0.322 e. The van der Waals surface area contributed by atoms with Crippen LogP contribution in [0, 0.1) is 23.3 Å². The average molecular weight is 489 g/mol. The third-order valence-electron chi connectivity index (χ3n) is 5.51. The number of hydrogen-bond donors (Lipinski definition) is 1. The predicted molar refractivity (Wildman–Crippen MR) is 105 cm³/mol. The monoisotopic (exact) mass is 489 g/mol. The maximum atomic E-state index is 13.9. The van der Waals surface area contributed by atoms with Crippen molar-refractivity contribution in [3.05, 3.63) is 64.2 Å². The van der Waals surface area contributed by atoms with Crippen LogP contribution < -0.4 is 5.32 Å². The molecule has 1 aliphatic rings. The van der Waals surface area contributed by atoms with E-state index in [0.29, 0.717) is 25.0 Å². The second kappa shape index (κ2) is 9.11. The van der Waals surface area contributed by atoms with Crippen LogP contribution >= 0.6 is 0 Å². The van der Waals surface area contributed by atoms with E-state index in [1.807, 2.05) is 0 Å². The van der Waals surface area contributed by atoms with Gasteiger partial charge < -0.3 is 5.32 Å². The molecule has 1 N–H and O–H groups in total. The Balaban J connectivity index is 1.48. The molecule has 0 spiro atoms. The molecule has 0 bridgehead atoms. The highest BCUT2D eigenvalue weighted by molar-refractivity contribution is 5.90. The van der Waals surface area contributed by atoms with Crippen LogP contribution in [-0.4, -0.2) is 25.5 Å². The van der Waals surface area contributed by atoms with Crippen LogP contribution in [0.3, 0.4) is 0 Å². The number of carbonyl (C=O) groups is 1. The zero-order valence-corrected chi connectivity index (χ0v) is 17.5. The summed E-state index contributed by atoms with van der Waals surface area (Å²) in [6.07, 6.45) is 0.345. The van der Waals surface area contributed by atoms with Crippen molar-refractivity contribution in [3.63, 3.8) is 0 Å². The first-order valence-electron chi connectivity index (χ1n) is 10.3. The summed E-state index contributed by atoms with van der Waals surface area (Å²) >= 11 is 0. The lowest BCUT2D eigenvalue weighted by atomic mass is 10.1. The highest BCUT2D eigenvalue weighted by Crippen LogP contribution is 2.35. The molecule has 3 aromatic rings. The topological polar surface area (TPSA) is 64.7 Å². The van der Waals surface area contributed by atoms with Crippen LogP contribution in [0.5, 0.6) is 0 Å². The van der Waals surface area contributed by atoms with Crippen molar-refractivity contribution in [1.82, 2.24) is 19.6 Å². The van der Waals surface area contributed by atoms with Gasteiger partial charge in [-0.2, -0.15) is 23.4 Å². The Labute approximate surface area is 188 Å². The summed E-state index contributed by atoms with van der Waals surface area (Å²) in [5.74, 6) is -7.19. The maximum Gasteiger partial charge on any atom is 0.435 e. The van der Waals surface area contributed by atoms with Gasteiger partial charge >= 0.3 is 6.18 Å². The molecule has 0 unspecified atom stereocenters. The van der Waals surface area contributed by atoms with Crippen LogP contribution in [0.15, 0.2) is 18.5 Å². The number of benzene rings is 1. The van der Waals surface area contributed by atoms with Crippen LogP contribution in [-0.2, 0) is 36.9 Å². The average Bonchev–Trinajstić information content (AvgIpc) is 3.25. The Bertz CT molecular complexity index is 1230. The molecule has 1 aromatic carbocycles. The Morgan fingerprint density at radius 2 is 1.76 bits per heavy atom. The lowest BCUT2D eigenvalue weighted by molar-refractivity contribution is -0.142. The van der Waals surface area contributed by atoms with Crippen LogP contribution in [0.2, 0.25) is 0 Å². The molecule has 0 saturated carbocycles. The highest BCUT2D eigenvalue weighted by Gasteiger charge is 2.39. The van der Waals surface area contributed by atoms with Gasteiger partial charge in [-0.25, -0.2) is 17.6 Å². The van der Waals surface area contributed by atoms with Gasteiger partial charge in [0.2, 0.25) is 5.91 Å². The molecule has 4 rings (SSSR count). The van der Waals surface area contributed by atoms with Crippen molar-refractivity contribution >= 4 is 11.6 Å². The number of amides is 1. The Hall–Kier alpha value is -3.38. The minimum atomic E-state index is -4.64. The molecule has 0 fully saturated rings. The first-order valence-corrected chi connectivity index (χ1v) is 10.3. The quantitative estimate of drug-likeness (QED) is 0.247. The van der Waals surface area contributed by atoms with Crippen LogP contribution in [0.4, 0.5) is 36.4 Å². The molecule has 6 nitrogen and oxygen atoms in total. The second-order valence-electron chi connectivity index (χ2n) is 7.91. The summed E-state index contributed by atoms with van der Waals surface area (Å²) in [7, 11) is 0. The molecule has 34 heavy (non-hydrogen) atoms. The largest absolute Gasteiger partial charge is 0.435 e. The molecular weight excluding hydrogens is 471 g/mol. The fraction of sp³-hybridized carbons (Fsp3) is 0.381. The van der Waals surface area contributed by atoms with Crippen molar-refractivity contribution < 1.29 is 35.5 Å². The van der Waals surface area contributed by atoms with Gasteiger partial charge in [0.25, 0.3) is 0 Å². The fourth-order valence-electron chi connectivity index (χ4n) is 3.97. The summed E-state index contributed by atoms with van der Waals surface area (Å²) in [6, 6.07) is 0.210. The van der Waals surface area contributed by atoms with E-state index < -0.39 is 59.7 Å². The highest BCUT2D eigenvalue weighted by atomic mass is 19.4. The third-order valence-corrected chi connectivity index (χ3v) is 5.51. The van der Waals surface area contributed by atoms with E-state index >= 15 is 0 Å². The van der Waals surface area contributed by atoms with Crippen LogP contribution in [0.1, 0.15) is 41.8 Å². The van der Waals surface area contributed by atoms with E-state index in [0.717, 1.165) is 22.0 Å². The standard InChI is InChI=1S/C21H18F7N5O/c22-14-6-15(23)19(25)18(24)13(14)9-32-8-11(7-29-32)30-17(34)10-33-16-5-3-1-2-4-12(16)20(31-33)21(26,27)28/h6-8H,1-5,9-10H2,(H,30,34). The van der Waals surface area contributed by atoms with Gasteiger partial charge in [-0.15, -0.1) is 0 Å². The van der Waals surface area contributed by atoms with Gasteiger partial charge in [-0.3, -0.25) is 14.2 Å². The summed E-state index contributed by atoms with van der Waals surface area (Å²) < 4.78 is 96.4. The molecule has 1 aliphatic carbocycles. The number of nitrogens with one attached hydrogen (secondary N) is 1. The Kier molecular flexibility index (Phi) is 6.36. The van der Waals surface area contributed by atoms with Gasteiger partial charge in [-0.1, -0.05) is 6.42 Å². The molecule has 2 aromatic heterocycles. The number of nitrogens with zero attached hydrogens (tertiary/aromatic N) is 4. The van der Waals surface area contributed by atoms with Crippen molar-refractivity contribution in [2.75, 3.05) is 5.32 Å². The summed E-state index contributed by atoms with van der Waals surface area (Å²) in [5.41, 5.74) is -1.18. The molecule has 0 saturated heterocycles. The molecule has 0 atom stereocenters. The van der Waals surface area contributed by atoms with E-state index in [4.69, 9.17) is 0 Å². The molecular formula is C21H18F7N5O. The first kappa shape index (κ1) is 23.8. The number of fused-ring (bicyclic) bond motifs is 1. The molecule has 13 heteroatoms. The predicted octanol–water partition coefficient (Wildman–Crippen LogP) is 4.61. The number of hydrogen-bond acceptors (Lipinski definition) is 3. The Morgan fingerprint density at radius 3 is 2.50 bits per heavy atom. The smallest absolute Gasteiger partial charge is 0.322 e. The lowest BCUT2D eigenvalue weighted by Crippen LogP contribution is -2.21. The maximum absolute atomic E-state index is 13.9. The van der Waals surface area contributed by atoms with Gasteiger partial charge in [0.1, 0.15) is 12.4 Å². The number of carbonyl (C=O) groups excluding carboxylic acids is 1. The summed E-state index contributed by atoms with van der Waals surface area (Å²) in [6.45, 7) is -1.07. The van der Waals surface area contributed by atoms with E-state index in [1.54, 1.807) is 0 Å². The van der Waals surface area contributed by atoms with E-state index in [1.165, 1.54) is 6.20 Å². The third kappa shape index (κ3) is 4.77. The summed E-state index contributed by atoms with van der Waals surface area (Å²) in [4.78, 5) is 12.5. The lowest BCUT2D eigenvalue weighted by Gasteiger charge is -2.08. The van der Waals surface area contributed by atoms with E-state index in [-0.39, 0.29) is 23.7 Å². The van der Waals surface area contributed by atoms with Crippen LogP contribution in [0.25, 0.3) is 0 Å². The Morgan fingerprint density at radius 1 is 1.03 bits per heavy atom. The molecule has 0 radical (unpaired) electrons. The number of alkyl halides is 3. The van der Waals surface area contributed by atoms with Crippen molar-refractivity contribution in [1.29, 1.82) is 0 Å². The molecule has 2 heterocycles. The zero-order chi connectivity index (χ0) is 24.6. The van der Waals surface area contributed by atoms with Gasteiger partial charge in [0.15, 0.2) is 23.1 Å². The van der Waals surface area contributed by atoms with E-state index in [9.17, 15) is 35.5 Å². The molecule has 1 amide bonds. The fourth-order valence-corrected chi connectivity index (χ4v) is 3.97. The molecule has 0 aliphatic heterocycles. The number of aromatic nitrogens is 4. The van der Waals surface area contributed by atoms with Gasteiger partial charge in [0, 0.05) is 29.1 Å². The number of anilines is 1. The number of halogens is 7. The van der Waals surface area contributed by atoms with Crippen molar-refractivity contribution in [2.24, 2.45) is 0 Å². The van der Waals surface area contributed by atoms with Crippen molar-refractivity contribution in [3.8, 4) is 0 Å². The van der Waals surface area contributed by atoms with Gasteiger partial charge in [-0.05, 0) is 25.7 Å². The SMILES string of the molecule is O=C(Cn1nc(C(F)(F)F)c2c1CCCCC2)Nc1cnn(Cc2c(F)cc(F)c(F)c2F)c1. The first-order chi connectivity index (χ1) is 16.0. The zero-order valence-electron chi connectivity index (χ0n) is 17.5. The summed E-state index contributed by atoms with van der Waals surface area (Å²) in [5, 5.41) is 9.88. The number of rotatable bonds is 5. The minimum absolute atomic E-state index is 0.0858. The second-order valence-corrected chi connectivity index (χ2v) is 7.91. The van der Waals surface area contributed by atoms with E-state index in [2.05, 4.69) is 15.5 Å². The van der Waals surface area contributed by atoms with Gasteiger partial charge in [0.05, 0.1) is 18.4 Å². The van der Waals surface area contributed by atoms with Crippen molar-refractivity contribution in [2.45, 2.75) is 51.4 Å².